The SMILES string of the molecule is CC(=Cc1ccccc1)C1Nc2ccccc2-c2nc3ccccc3n21. The summed E-state index contributed by atoms with van der Waals surface area (Å²) < 4.78 is 2.31. The van der Waals surface area contributed by atoms with E-state index in [-0.39, 0.29) is 6.17 Å². The van der Waals surface area contributed by atoms with Crippen molar-refractivity contribution in [1.82, 2.24) is 9.55 Å². The number of benzene rings is 3. The summed E-state index contributed by atoms with van der Waals surface area (Å²) in [6, 6.07) is 27.2. The van der Waals surface area contributed by atoms with Gasteiger partial charge in [-0.1, -0.05) is 60.7 Å². The molecule has 3 aromatic carbocycles. The standard InChI is InChI=1S/C23H19N3/c1-16(15-17-9-3-2-4-10-17)22-24-19-12-6-5-11-18(19)23-25-20-13-7-8-14-21(20)26(22)23/h2-15,22,24H,1H3. The average molecular weight is 337 g/mol. The molecule has 26 heavy (non-hydrogen) atoms. The van der Waals surface area contributed by atoms with Crippen LogP contribution in [0.25, 0.3) is 28.5 Å². The van der Waals surface area contributed by atoms with Crippen LogP contribution in [0.2, 0.25) is 0 Å². The van der Waals surface area contributed by atoms with Gasteiger partial charge in [0.05, 0.1) is 11.0 Å². The van der Waals surface area contributed by atoms with Crippen molar-refractivity contribution in [2.45, 2.75) is 13.1 Å². The summed E-state index contributed by atoms with van der Waals surface area (Å²) in [7, 11) is 0. The van der Waals surface area contributed by atoms with Gasteiger partial charge in [0.25, 0.3) is 0 Å². The molecule has 0 radical (unpaired) electrons. The van der Waals surface area contributed by atoms with Gasteiger partial charge < -0.3 is 5.32 Å². The molecule has 1 N–H and O–H groups in total. The molecule has 1 unspecified atom stereocenters. The van der Waals surface area contributed by atoms with E-state index in [1.807, 2.05) is 12.1 Å². The molecule has 3 heteroatoms. The first kappa shape index (κ1) is 15.0. The van der Waals surface area contributed by atoms with Crippen molar-refractivity contribution in [3.63, 3.8) is 0 Å². The summed E-state index contributed by atoms with van der Waals surface area (Å²) >= 11 is 0. The van der Waals surface area contributed by atoms with E-state index in [9.17, 15) is 0 Å². The van der Waals surface area contributed by atoms with E-state index < -0.39 is 0 Å². The van der Waals surface area contributed by atoms with Gasteiger partial charge >= 0.3 is 0 Å². The number of fused-ring (bicyclic) bond motifs is 5. The molecule has 1 atom stereocenters. The quantitative estimate of drug-likeness (QED) is 0.506. The summed E-state index contributed by atoms with van der Waals surface area (Å²) in [5, 5.41) is 3.71. The second-order valence-electron chi connectivity index (χ2n) is 6.69. The monoisotopic (exact) mass is 337 g/mol. The molecular formula is C23H19N3. The lowest BCUT2D eigenvalue weighted by atomic mass is 10.0. The number of para-hydroxylation sites is 3. The van der Waals surface area contributed by atoms with Crippen LogP contribution in [0.4, 0.5) is 5.69 Å². The van der Waals surface area contributed by atoms with Gasteiger partial charge in [-0.15, -0.1) is 0 Å². The number of nitrogens with zero attached hydrogens (tertiary/aromatic N) is 2. The van der Waals surface area contributed by atoms with E-state index in [0.29, 0.717) is 0 Å². The molecule has 4 aromatic rings. The normalized spacial score (nSPS) is 16.0. The van der Waals surface area contributed by atoms with Crippen molar-refractivity contribution in [3.05, 3.63) is 90.0 Å². The molecule has 2 heterocycles. The fourth-order valence-electron chi connectivity index (χ4n) is 3.72. The van der Waals surface area contributed by atoms with Crippen LogP contribution in [0.3, 0.4) is 0 Å². The summed E-state index contributed by atoms with van der Waals surface area (Å²) in [5.74, 6) is 1.02. The van der Waals surface area contributed by atoms with Crippen molar-refractivity contribution >= 4 is 22.8 Å². The zero-order valence-corrected chi connectivity index (χ0v) is 14.6. The molecule has 5 rings (SSSR count). The van der Waals surface area contributed by atoms with E-state index in [2.05, 4.69) is 89.6 Å². The maximum atomic E-state index is 4.93. The zero-order valence-electron chi connectivity index (χ0n) is 14.6. The first-order chi connectivity index (χ1) is 12.8. The van der Waals surface area contributed by atoms with Gasteiger partial charge in [-0.25, -0.2) is 4.98 Å². The van der Waals surface area contributed by atoms with Gasteiger partial charge in [-0.3, -0.25) is 4.57 Å². The highest BCUT2D eigenvalue weighted by Gasteiger charge is 2.27. The summed E-state index contributed by atoms with van der Waals surface area (Å²) in [5.41, 5.74) is 6.90. The molecule has 0 amide bonds. The number of nitrogens with one attached hydrogen (secondary N) is 1. The summed E-state index contributed by atoms with van der Waals surface area (Å²) in [6.45, 7) is 2.18. The highest BCUT2D eigenvalue weighted by molar-refractivity contribution is 5.87. The number of hydrogen-bond donors (Lipinski definition) is 1. The summed E-state index contributed by atoms with van der Waals surface area (Å²) in [4.78, 5) is 4.93. The Bertz CT molecular complexity index is 1120. The lowest BCUT2D eigenvalue weighted by Gasteiger charge is -2.30. The number of hydrogen-bond acceptors (Lipinski definition) is 2. The highest BCUT2D eigenvalue weighted by atomic mass is 15.2. The second kappa shape index (κ2) is 5.88. The van der Waals surface area contributed by atoms with Crippen LogP contribution in [0.1, 0.15) is 18.7 Å². The molecule has 3 nitrogen and oxygen atoms in total. The van der Waals surface area contributed by atoms with Crippen molar-refractivity contribution in [1.29, 1.82) is 0 Å². The molecule has 1 aromatic heterocycles. The minimum absolute atomic E-state index is 0.0347. The predicted molar refractivity (Wildman–Crippen MR) is 108 cm³/mol. The third kappa shape index (κ3) is 2.32. The number of imidazole rings is 1. The topological polar surface area (TPSA) is 29.9 Å². The molecule has 0 spiro atoms. The fraction of sp³-hybridized carbons (Fsp3) is 0.0870. The maximum absolute atomic E-state index is 4.93. The van der Waals surface area contributed by atoms with Crippen molar-refractivity contribution in [3.8, 4) is 11.4 Å². The van der Waals surface area contributed by atoms with Crippen LogP contribution >= 0.6 is 0 Å². The van der Waals surface area contributed by atoms with Crippen LogP contribution in [0, 0.1) is 0 Å². The van der Waals surface area contributed by atoms with Gasteiger partial charge in [0.2, 0.25) is 0 Å². The number of aromatic nitrogens is 2. The van der Waals surface area contributed by atoms with E-state index in [0.717, 1.165) is 28.1 Å². The summed E-state index contributed by atoms with van der Waals surface area (Å²) in [6.07, 6.45) is 2.27. The van der Waals surface area contributed by atoms with Crippen LogP contribution in [-0.4, -0.2) is 9.55 Å². The maximum Gasteiger partial charge on any atom is 0.145 e. The minimum atomic E-state index is 0.0347. The van der Waals surface area contributed by atoms with Gasteiger partial charge in [0.15, 0.2) is 0 Å². The van der Waals surface area contributed by atoms with Crippen molar-refractivity contribution < 1.29 is 0 Å². The Hall–Kier alpha value is -3.33. The Morgan fingerprint density at radius 1 is 0.923 bits per heavy atom. The first-order valence-corrected chi connectivity index (χ1v) is 8.87. The van der Waals surface area contributed by atoms with Gasteiger partial charge in [0, 0.05) is 11.3 Å². The van der Waals surface area contributed by atoms with Crippen LogP contribution in [-0.2, 0) is 0 Å². The van der Waals surface area contributed by atoms with Crippen molar-refractivity contribution in [2.24, 2.45) is 0 Å². The van der Waals surface area contributed by atoms with E-state index in [1.165, 1.54) is 11.1 Å². The molecule has 1 aliphatic rings. The lowest BCUT2D eigenvalue weighted by molar-refractivity contribution is 0.659. The molecule has 0 saturated heterocycles. The van der Waals surface area contributed by atoms with Gasteiger partial charge in [-0.05, 0) is 42.3 Å². The Balaban J connectivity index is 1.73. The van der Waals surface area contributed by atoms with Crippen LogP contribution in [0.5, 0.6) is 0 Å². The third-order valence-corrected chi connectivity index (χ3v) is 4.94. The van der Waals surface area contributed by atoms with E-state index in [4.69, 9.17) is 4.98 Å². The molecule has 0 fully saturated rings. The predicted octanol–water partition coefficient (Wildman–Crippen LogP) is 5.73. The molecule has 126 valence electrons. The Morgan fingerprint density at radius 3 is 2.54 bits per heavy atom. The Kier molecular flexibility index (Phi) is 3.39. The smallest absolute Gasteiger partial charge is 0.145 e. The van der Waals surface area contributed by atoms with Crippen molar-refractivity contribution in [2.75, 3.05) is 5.32 Å². The van der Waals surface area contributed by atoms with E-state index in [1.54, 1.807) is 0 Å². The largest absolute Gasteiger partial charge is 0.361 e. The second-order valence-corrected chi connectivity index (χ2v) is 6.69. The molecule has 0 aliphatic carbocycles. The molecule has 0 saturated carbocycles. The zero-order chi connectivity index (χ0) is 17.5. The number of rotatable bonds is 2. The van der Waals surface area contributed by atoms with E-state index >= 15 is 0 Å². The number of anilines is 1. The lowest BCUT2D eigenvalue weighted by Crippen LogP contribution is -2.24. The fourth-order valence-corrected chi connectivity index (χ4v) is 3.72. The first-order valence-electron chi connectivity index (χ1n) is 8.87. The van der Waals surface area contributed by atoms with Gasteiger partial charge in [-0.2, -0.15) is 0 Å². The Morgan fingerprint density at radius 2 is 1.65 bits per heavy atom. The molecule has 1 aliphatic heterocycles. The highest BCUT2D eigenvalue weighted by Crippen LogP contribution is 2.40. The third-order valence-electron chi connectivity index (χ3n) is 4.94. The average Bonchev–Trinajstić information content (AvgIpc) is 3.08. The Labute approximate surface area is 152 Å². The molecule has 0 bridgehead atoms. The van der Waals surface area contributed by atoms with Crippen LogP contribution < -0.4 is 5.32 Å². The van der Waals surface area contributed by atoms with Gasteiger partial charge in [0.1, 0.15) is 12.0 Å². The minimum Gasteiger partial charge on any atom is -0.361 e. The van der Waals surface area contributed by atoms with Crippen LogP contribution in [0.15, 0.2) is 84.4 Å². The molecular weight excluding hydrogens is 318 g/mol.